The van der Waals surface area contributed by atoms with E-state index in [1.165, 1.54) is 37.5 Å². The van der Waals surface area contributed by atoms with Crippen LogP contribution in [-0.2, 0) is 20.9 Å². The number of ether oxygens (including phenoxy) is 1. The zero-order valence-electron chi connectivity index (χ0n) is 12.8. The summed E-state index contributed by atoms with van der Waals surface area (Å²) in [6, 6.07) is 7.45. The number of nitrogens with one attached hydrogen (secondary N) is 1. The van der Waals surface area contributed by atoms with Crippen molar-refractivity contribution in [1.29, 1.82) is 0 Å². The first-order valence-corrected chi connectivity index (χ1v) is 7.47. The number of rotatable bonds is 6. The summed E-state index contributed by atoms with van der Waals surface area (Å²) >= 11 is 5.65. The van der Waals surface area contributed by atoms with E-state index in [0.717, 1.165) is 6.08 Å². The third-order valence-electron chi connectivity index (χ3n) is 3.03. The molecule has 0 saturated heterocycles. The Bertz CT molecular complexity index is 743. The molecule has 1 amide bonds. The Balaban J connectivity index is 1.82. The first-order chi connectivity index (χ1) is 11.5. The van der Waals surface area contributed by atoms with Crippen LogP contribution in [0, 0.1) is 5.82 Å². The normalized spacial score (nSPS) is 12.1. The Hall–Kier alpha value is -2.60. The number of furan rings is 1. The molecule has 0 fully saturated rings. The number of benzene rings is 1. The van der Waals surface area contributed by atoms with Crippen molar-refractivity contribution in [2.75, 3.05) is 0 Å². The molecule has 0 radical (unpaired) electrons. The third kappa shape index (κ3) is 5.24. The van der Waals surface area contributed by atoms with Gasteiger partial charge in [0, 0.05) is 6.08 Å². The van der Waals surface area contributed by atoms with Crippen LogP contribution in [0.25, 0.3) is 6.08 Å². The zero-order valence-corrected chi connectivity index (χ0v) is 13.5. The minimum atomic E-state index is -0.964. The first-order valence-electron chi connectivity index (χ1n) is 7.09. The number of esters is 1. The van der Waals surface area contributed by atoms with Crippen LogP contribution in [0.15, 0.2) is 47.1 Å². The minimum absolute atomic E-state index is 0.0452. The molecule has 1 aromatic heterocycles. The standard InChI is InChI=1S/C17H15ClFNO4/c1-11(17(22)20-10-13-3-2-8-23-13)24-16(21)7-5-12-4-6-15(19)14(18)9-12/h2-9,11H,10H2,1H3,(H,20,22)/b7-5+/t11-/m1/s1. The lowest BCUT2D eigenvalue weighted by Crippen LogP contribution is -2.35. The fourth-order valence-electron chi connectivity index (χ4n) is 1.78. The van der Waals surface area contributed by atoms with Gasteiger partial charge < -0.3 is 14.5 Å². The number of carbonyl (C=O) groups excluding carboxylic acids is 2. The van der Waals surface area contributed by atoms with Gasteiger partial charge in [0.2, 0.25) is 0 Å². The van der Waals surface area contributed by atoms with Crippen LogP contribution in [0.3, 0.4) is 0 Å². The average Bonchev–Trinajstić information content (AvgIpc) is 3.07. The van der Waals surface area contributed by atoms with Gasteiger partial charge in [-0.3, -0.25) is 4.79 Å². The van der Waals surface area contributed by atoms with Gasteiger partial charge in [-0.1, -0.05) is 17.7 Å². The van der Waals surface area contributed by atoms with E-state index in [-0.39, 0.29) is 11.6 Å². The molecule has 1 aromatic carbocycles. The van der Waals surface area contributed by atoms with Gasteiger partial charge in [-0.25, -0.2) is 9.18 Å². The minimum Gasteiger partial charge on any atom is -0.467 e. The average molecular weight is 352 g/mol. The number of amides is 1. The van der Waals surface area contributed by atoms with Crippen LogP contribution < -0.4 is 5.32 Å². The molecule has 1 N–H and O–H groups in total. The summed E-state index contributed by atoms with van der Waals surface area (Å²) in [5.74, 6) is -1.10. The largest absolute Gasteiger partial charge is 0.467 e. The lowest BCUT2D eigenvalue weighted by Gasteiger charge is -2.11. The van der Waals surface area contributed by atoms with Crippen LogP contribution >= 0.6 is 11.6 Å². The number of halogens is 2. The second-order valence-corrected chi connectivity index (χ2v) is 5.29. The molecule has 2 rings (SSSR count). The molecule has 0 bridgehead atoms. The third-order valence-corrected chi connectivity index (χ3v) is 3.32. The fourth-order valence-corrected chi connectivity index (χ4v) is 1.97. The highest BCUT2D eigenvalue weighted by Gasteiger charge is 2.16. The van der Waals surface area contributed by atoms with Gasteiger partial charge in [0.25, 0.3) is 5.91 Å². The summed E-state index contributed by atoms with van der Waals surface area (Å²) in [5.41, 5.74) is 0.535. The van der Waals surface area contributed by atoms with E-state index < -0.39 is 23.8 Å². The highest BCUT2D eigenvalue weighted by Crippen LogP contribution is 2.16. The summed E-state index contributed by atoms with van der Waals surface area (Å²) in [4.78, 5) is 23.5. The van der Waals surface area contributed by atoms with Crippen molar-refractivity contribution in [3.63, 3.8) is 0 Å². The fraction of sp³-hybridized carbons (Fsp3) is 0.176. The van der Waals surface area contributed by atoms with E-state index in [0.29, 0.717) is 11.3 Å². The Morgan fingerprint density at radius 1 is 1.42 bits per heavy atom. The molecule has 2 aromatic rings. The van der Waals surface area contributed by atoms with E-state index in [4.69, 9.17) is 20.8 Å². The Labute approximate surface area is 143 Å². The summed E-state index contributed by atoms with van der Waals surface area (Å²) in [6.45, 7) is 1.66. The van der Waals surface area contributed by atoms with E-state index in [1.807, 2.05) is 0 Å². The summed E-state index contributed by atoms with van der Waals surface area (Å²) < 4.78 is 23.1. The second-order valence-electron chi connectivity index (χ2n) is 4.88. The van der Waals surface area contributed by atoms with Crippen molar-refractivity contribution in [1.82, 2.24) is 5.32 Å². The van der Waals surface area contributed by atoms with Gasteiger partial charge in [-0.2, -0.15) is 0 Å². The van der Waals surface area contributed by atoms with Crippen LogP contribution in [0.2, 0.25) is 5.02 Å². The van der Waals surface area contributed by atoms with Crippen molar-refractivity contribution in [2.24, 2.45) is 0 Å². The van der Waals surface area contributed by atoms with Crippen LogP contribution in [-0.4, -0.2) is 18.0 Å². The molecule has 5 nitrogen and oxygen atoms in total. The number of hydrogen-bond acceptors (Lipinski definition) is 4. The highest BCUT2D eigenvalue weighted by atomic mass is 35.5. The monoisotopic (exact) mass is 351 g/mol. The predicted molar refractivity (Wildman–Crippen MR) is 86.6 cm³/mol. The highest BCUT2D eigenvalue weighted by molar-refractivity contribution is 6.30. The smallest absolute Gasteiger partial charge is 0.331 e. The van der Waals surface area contributed by atoms with Gasteiger partial charge in [0.1, 0.15) is 11.6 Å². The van der Waals surface area contributed by atoms with E-state index in [1.54, 1.807) is 12.1 Å². The van der Waals surface area contributed by atoms with E-state index in [9.17, 15) is 14.0 Å². The molecule has 0 aliphatic rings. The van der Waals surface area contributed by atoms with Crippen LogP contribution in [0.4, 0.5) is 4.39 Å². The summed E-state index contributed by atoms with van der Waals surface area (Å²) in [6.07, 6.45) is 3.09. The lowest BCUT2D eigenvalue weighted by atomic mass is 10.2. The maximum absolute atomic E-state index is 13.0. The number of carbonyl (C=O) groups is 2. The summed E-state index contributed by atoms with van der Waals surface area (Å²) in [5, 5.41) is 2.54. The molecule has 1 atom stereocenters. The van der Waals surface area contributed by atoms with Gasteiger partial charge in [0.15, 0.2) is 6.10 Å². The number of hydrogen-bond donors (Lipinski definition) is 1. The topological polar surface area (TPSA) is 68.5 Å². The molecule has 24 heavy (non-hydrogen) atoms. The Morgan fingerprint density at radius 3 is 2.88 bits per heavy atom. The molecule has 1 heterocycles. The second kappa shape index (κ2) is 8.31. The van der Waals surface area contributed by atoms with E-state index in [2.05, 4.69) is 5.32 Å². The van der Waals surface area contributed by atoms with Crippen molar-refractivity contribution in [2.45, 2.75) is 19.6 Å². The molecule has 7 heteroatoms. The van der Waals surface area contributed by atoms with Gasteiger partial charge >= 0.3 is 5.97 Å². The molecule has 0 unspecified atom stereocenters. The molecule has 0 aliphatic carbocycles. The van der Waals surface area contributed by atoms with Crippen molar-refractivity contribution < 1.29 is 23.1 Å². The maximum atomic E-state index is 13.0. The van der Waals surface area contributed by atoms with E-state index >= 15 is 0 Å². The van der Waals surface area contributed by atoms with Gasteiger partial charge in [0.05, 0.1) is 17.8 Å². The Morgan fingerprint density at radius 2 is 2.21 bits per heavy atom. The summed E-state index contributed by atoms with van der Waals surface area (Å²) in [7, 11) is 0. The molecule has 0 saturated carbocycles. The lowest BCUT2D eigenvalue weighted by molar-refractivity contribution is -0.150. The van der Waals surface area contributed by atoms with Crippen molar-refractivity contribution in [3.8, 4) is 0 Å². The van der Waals surface area contributed by atoms with Crippen LogP contribution in [0.1, 0.15) is 18.2 Å². The Kier molecular flexibility index (Phi) is 6.14. The molecular weight excluding hydrogens is 337 g/mol. The predicted octanol–water partition coefficient (Wildman–Crippen LogP) is 3.33. The first kappa shape index (κ1) is 17.7. The zero-order chi connectivity index (χ0) is 17.5. The van der Waals surface area contributed by atoms with Gasteiger partial charge in [-0.05, 0) is 42.8 Å². The maximum Gasteiger partial charge on any atom is 0.331 e. The molecule has 0 aliphatic heterocycles. The van der Waals surface area contributed by atoms with Crippen LogP contribution in [0.5, 0.6) is 0 Å². The molecule has 126 valence electrons. The molecule has 0 spiro atoms. The van der Waals surface area contributed by atoms with Gasteiger partial charge in [-0.15, -0.1) is 0 Å². The quantitative estimate of drug-likeness (QED) is 0.640. The van der Waals surface area contributed by atoms with Crippen molar-refractivity contribution >= 4 is 29.6 Å². The van der Waals surface area contributed by atoms with Crippen molar-refractivity contribution in [3.05, 3.63) is 64.8 Å². The SMILES string of the molecule is C[C@@H](OC(=O)/C=C/c1ccc(F)c(Cl)c1)C(=O)NCc1ccco1. The molecular formula is C17H15ClFNO4.